The Bertz CT molecular complexity index is 588. The molecule has 0 saturated heterocycles. The average Bonchev–Trinajstić information content (AvgIpc) is 2.48. The van der Waals surface area contributed by atoms with Crippen LogP contribution in [0.5, 0.6) is 5.75 Å². The lowest BCUT2D eigenvalue weighted by atomic mass is 10.1. The van der Waals surface area contributed by atoms with Crippen LogP contribution >= 0.6 is 0 Å². The van der Waals surface area contributed by atoms with Gasteiger partial charge >= 0.3 is 0 Å². The number of fused-ring (bicyclic) bond motifs is 1. The van der Waals surface area contributed by atoms with Crippen molar-refractivity contribution in [1.82, 2.24) is 10.6 Å². The second-order valence-corrected chi connectivity index (χ2v) is 4.98. The number of nitrogens with one attached hydrogen (secondary N) is 3. The summed E-state index contributed by atoms with van der Waals surface area (Å²) in [5.74, 6) is -0.537. The monoisotopic (exact) mass is 305 g/mol. The van der Waals surface area contributed by atoms with Crippen LogP contribution in [0.15, 0.2) is 24.3 Å². The van der Waals surface area contributed by atoms with E-state index in [1.54, 1.807) is 38.1 Å². The zero-order valence-corrected chi connectivity index (χ0v) is 12.5. The van der Waals surface area contributed by atoms with E-state index in [4.69, 9.17) is 4.74 Å². The van der Waals surface area contributed by atoms with Gasteiger partial charge in [-0.15, -0.1) is 0 Å². The number of rotatable bonds is 5. The summed E-state index contributed by atoms with van der Waals surface area (Å²) in [5, 5.41) is 7.85. The van der Waals surface area contributed by atoms with Gasteiger partial charge in [0.2, 0.25) is 11.8 Å². The van der Waals surface area contributed by atoms with Gasteiger partial charge in [0.25, 0.3) is 5.91 Å². The minimum atomic E-state index is -0.906. The summed E-state index contributed by atoms with van der Waals surface area (Å²) in [4.78, 5) is 35.4. The molecule has 1 aliphatic rings. The van der Waals surface area contributed by atoms with Crippen LogP contribution in [-0.2, 0) is 14.4 Å². The molecule has 0 bridgehead atoms. The van der Waals surface area contributed by atoms with Gasteiger partial charge in [0.1, 0.15) is 11.8 Å². The number of amides is 3. The molecule has 22 heavy (non-hydrogen) atoms. The third-order valence-corrected chi connectivity index (χ3v) is 3.20. The van der Waals surface area contributed by atoms with E-state index in [2.05, 4.69) is 16.0 Å². The first kappa shape index (κ1) is 15.8. The first-order valence-electron chi connectivity index (χ1n) is 7.15. The molecular formula is C15H19N3O4. The topological polar surface area (TPSA) is 96.5 Å². The van der Waals surface area contributed by atoms with Gasteiger partial charge in [0.15, 0.2) is 6.10 Å². The first-order chi connectivity index (χ1) is 10.5. The first-order valence-corrected chi connectivity index (χ1v) is 7.15. The molecule has 0 aliphatic carbocycles. The van der Waals surface area contributed by atoms with Gasteiger partial charge in [-0.1, -0.05) is 12.1 Å². The normalized spacial score (nSPS) is 17.5. The number of carbonyl (C=O) groups excluding carboxylic acids is 3. The zero-order chi connectivity index (χ0) is 16.1. The number of benzene rings is 1. The fraction of sp³-hybridized carbons (Fsp3) is 0.400. The summed E-state index contributed by atoms with van der Waals surface area (Å²) in [6.07, 6.45) is -1.06. The lowest BCUT2D eigenvalue weighted by molar-refractivity contribution is -0.132. The lowest BCUT2D eigenvalue weighted by Crippen LogP contribution is -2.47. The zero-order valence-electron chi connectivity index (χ0n) is 12.5. The fourth-order valence-electron chi connectivity index (χ4n) is 2.09. The molecule has 118 valence electrons. The van der Waals surface area contributed by atoms with Crippen molar-refractivity contribution in [2.75, 3.05) is 11.9 Å². The Morgan fingerprint density at radius 1 is 1.36 bits per heavy atom. The van der Waals surface area contributed by atoms with E-state index < -0.39 is 18.1 Å². The van der Waals surface area contributed by atoms with Crippen LogP contribution in [0.4, 0.5) is 5.69 Å². The van der Waals surface area contributed by atoms with E-state index in [1.807, 2.05) is 0 Å². The number of anilines is 1. The van der Waals surface area contributed by atoms with Crippen LogP contribution in [0.2, 0.25) is 0 Å². The van der Waals surface area contributed by atoms with Gasteiger partial charge in [-0.05, 0) is 26.0 Å². The SMILES string of the molecule is CCNC(=O)[C@H](C)NC(=O)C[C@@H]1Oc2ccccc2NC1=O. The molecule has 0 saturated carbocycles. The third-order valence-electron chi connectivity index (χ3n) is 3.20. The van der Waals surface area contributed by atoms with Crippen LogP contribution in [-0.4, -0.2) is 36.4 Å². The summed E-state index contributed by atoms with van der Waals surface area (Å²) < 4.78 is 5.53. The van der Waals surface area contributed by atoms with E-state index in [-0.39, 0.29) is 18.2 Å². The number of hydrogen-bond acceptors (Lipinski definition) is 4. The maximum absolute atomic E-state index is 11.9. The molecule has 0 radical (unpaired) electrons. The molecule has 0 spiro atoms. The Hall–Kier alpha value is -2.57. The van der Waals surface area contributed by atoms with Gasteiger partial charge in [0, 0.05) is 6.54 Å². The smallest absolute Gasteiger partial charge is 0.266 e. The molecule has 7 nitrogen and oxygen atoms in total. The predicted molar refractivity (Wildman–Crippen MR) is 80.4 cm³/mol. The highest BCUT2D eigenvalue weighted by Crippen LogP contribution is 2.29. The molecule has 3 amide bonds. The summed E-state index contributed by atoms with van der Waals surface area (Å²) in [6.45, 7) is 3.87. The fourth-order valence-corrected chi connectivity index (χ4v) is 2.09. The van der Waals surface area contributed by atoms with E-state index in [1.165, 1.54) is 0 Å². The predicted octanol–water partition coefficient (Wildman–Crippen LogP) is 0.417. The molecular weight excluding hydrogens is 286 g/mol. The molecule has 0 fully saturated rings. The Labute approximate surface area is 128 Å². The second kappa shape index (κ2) is 6.93. The van der Waals surface area contributed by atoms with Gasteiger partial charge in [-0.3, -0.25) is 14.4 Å². The summed E-state index contributed by atoms with van der Waals surface area (Å²) in [6, 6.07) is 6.35. The van der Waals surface area contributed by atoms with Crippen molar-refractivity contribution in [2.45, 2.75) is 32.4 Å². The van der Waals surface area contributed by atoms with Crippen LogP contribution in [0.1, 0.15) is 20.3 Å². The highest BCUT2D eigenvalue weighted by Gasteiger charge is 2.30. The molecule has 0 unspecified atom stereocenters. The van der Waals surface area contributed by atoms with Crippen LogP contribution in [0, 0.1) is 0 Å². The molecule has 1 aromatic rings. The van der Waals surface area contributed by atoms with Crippen LogP contribution in [0.25, 0.3) is 0 Å². The van der Waals surface area contributed by atoms with E-state index in [0.29, 0.717) is 18.0 Å². The highest BCUT2D eigenvalue weighted by molar-refractivity contribution is 6.00. The molecule has 2 rings (SSSR count). The van der Waals surface area contributed by atoms with Crippen LogP contribution in [0.3, 0.4) is 0 Å². The van der Waals surface area contributed by atoms with Crippen molar-refractivity contribution >= 4 is 23.4 Å². The summed E-state index contributed by atoms with van der Waals surface area (Å²) in [7, 11) is 0. The van der Waals surface area contributed by atoms with Gasteiger partial charge in [0.05, 0.1) is 12.1 Å². The van der Waals surface area contributed by atoms with Crippen molar-refractivity contribution in [3.05, 3.63) is 24.3 Å². The van der Waals surface area contributed by atoms with Crippen molar-refractivity contribution in [3.8, 4) is 5.75 Å². The Balaban J connectivity index is 1.92. The number of likely N-dealkylation sites (N-methyl/N-ethyl adjacent to an activating group) is 1. The highest BCUT2D eigenvalue weighted by atomic mass is 16.5. The van der Waals surface area contributed by atoms with Crippen molar-refractivity contribution in [2.24, 2.45) is 0 Å². The molecule has 7 heteroatoms. The summed E-state index contributed by atoms with van der Waals surface area (Å²) in [5.41, 5.74) is 0.583. The lowest BCUT2D eigenvalue weighted by Gasteiger charge is -2.25. The second-order valence-electron chi connectivity index (χ2n) is 4.98. The van der Waals surface area contributed by atoms with Crippen molar-refractivity contribution < 1.29 is 19.1 Å². The van der Waals surface area contributed by atoms with Crippen molar-refractivity contribution in [3.63, 3.8) is 0 Å². The number of carbonyl (C=O) groups is 3. The van der Waals surface area contributed by atoms with E-state index in [0.717, 1.165) is 0 Å². The maximum Gasteiger partial charge on any atom is 0.266 e. The minimum absolute atomic E-state index is 0.149. The molecule has 2 atom stereocenters. The van der Waals surface area contributed by atoms with E-state index >= 15 is 0 Å². The van der Waals surface area contributed by atoms with Gasteiger partial charge in [-0.25, -0.2) is 0 Å². The number of para-hydroxylation sites is 2. The number of ether oxygens (including phenoxy) is 1. The van der Waals surface area contributed by atoms with Gasteiger partial charge in [-0.2, -0.15) is 0 Å². The molecule has 1 aromatic carbocycles. The van der Waals surface area contributed by atoms with Crippen LogP contribution < -0.4 is 20.7 Å². The number of hydrogen-bond donors (Lipinski definition) is 3. The third kappa shape index (κ3) is 3.75. The molecule has 1 heterocycles. The van der Waals surface area contributed by atoms with Crippen molar-refractivity contribution in [1.29, 1.82) is 0 Å². The minimum Gasteiger partial charge on any atom is -0.478 e. The summed E-state index contributed by atoms with van der Waals surface area (Å²) >= 11 is 0. The average molecular weight is 305 g/mol. The molecule has 0 aromatic heterocycles. The Kier molecular flexibility index (Phi) is 4.98. The molecule has 1 aliphatic heterocycles. The standard InChI is InChI=1S/C15H19N3O4/c1-3-16-14(20)9(2)17-13(19)8-12-15(21)18-10-6-4-5-7-11(10)22-12/h4-7,9,12H,3,8H2,1-2H3,(H,16,20)(H,17,19)(H,18,21)/t9-,12-/m0/s1. The molecule has 3 N–H and O–H groups in total. The largest absolute Gasteiger partial charge is 0.478 e. The maximum atomic E-state index is 11.9. The quantitative estimate of drug-likeness (QED) is 0.734. The Morgan fingerprint density at radius 2 is 2.09 bits per heavy atom. The van der Waals surface area contributed by atoms with Gasteiger partial charge < -0.3 is 20.7 Å². The van der Waals surface area contributed by atoms with E-state index in [9.17, 15) is 14.4 Å². The Morgan fingerprint density at radius 3 is 2.82 bits per heavy atom.